The van der Waals surface area contributed by atoms with Gasteiger partial charge in [0.2, 0.25) is 0 Å². The van der Waals surface area contributed by atoms with Crippen LogP contribution in [-0.4, -0.2) is 0 Å². The molecular weight excluding hydrogens is 228 g/mol. The maximum absolute atomic E-state index is 2.46. The Kier molecular flexibility index (Phi) is 13.0. The quantitative estimate of drug-likeness (QED) is 0.309. The topological polar surface area (TPSA) is 0 Å². The molecule has 0 rings (SSSR count). The van der Waals surface area contributed by atoms with Gasteiger partial charge in [-0.25, -0.2) is 0 Å². The molecule has 0 aromatic heterocycles. The van der Waals surface area contributed by atoms with Crippen molar-refractivity contribution in [1.82, 2.24) is 0 Å². The smallest absolute Gasteiger partial charge is 0.0438 e. The predicted octanol–water partition coefficient (Wildman–Crippen LogP) is 7.23. The highest BCUT2D eigenvalue weighted by Crippen LogP contribution is 2.23. The Balaban J connectivity index is 3.31. The third kappa shape index (κ3) is 14.2. The van der Waals surface area contributed by atoms with Crippen LogP contribution in [0.1, 0.15) is 105 Å². The molecule has 2 unspecified atom stereocenters. The van der Waals surface area contributed by atoms with Gasteiger partial charge in [0.15, 0.2) is 0 Å². The fourth-order valence-corrected chi connectivity index (χ4v) is 3.33. The largest absolute Gasteiger partial charge is 0.0654 e. The first-order valence-electron chi connectivity index (χ1n) is 9.06. The van der Waals surface area contributed by atoms with Crippen LogP contribution in [0.2, 0.25) is 0 Å². The maximum atomic E-state index is 2.46. The zero-order valence-electron chi connectivity index (χ0n) is 14.5. The number of hydrogen-bond acceptors (Lipinski definition) is 0. The third-order valence-corrected chi connectivity index (χ3v) is 4.23. The molecule has 0 aromatic rings. The molecule has 0 saturated carbocycles. The number of hydrogen-bond donors (Lipinski definition) is 0. The standard InChI is InChI=1S/C19H40/c1-6-7-8-9-10-11-12-13-14-18(4)16-19(5)15-17(2)3/h17-19H,6-16H2,1-5H3. The summed E-state index contributed by atoms with van der Waals surface area (Å²) in [7, 11) is 0. The molecule has 116 valence electrons. The highest BCUT2D eigenvalue weighted by atomic mass is 14.2. The first kappa shape index (κ1) is 19.0. The van der Waals surface area contributed by atoms with Crippen molar-refractivity contribution in [3.8, 4) is 0 Å². The van der Waals surface area contributed by atoms with Crippen molar-refractivity contribution >= 4 is 0 Å². The summed E-state index contributed by atoms with van der Waals surface area (Å²) >= 11 is 0. The lowest BCUT2D eigenvalue weighted by Gasteiger charge is -2.18. The van der Waals surface area contributed by atoms with E-state index in [4.69, 9.17) is 0 Å². The van der Waals surface area contributed by atoms with Crippen molar-refractivity contribution in [2.45, 2.75) is 105 Å². The fourth-order valence-electron chi connectivity index (χ4n) is 3.33. The second-order valence-electron chi connectivity index (χ2n) is 7.34. The van der Waals surface area contributed by atoms with Crippen LogP contribution >= 0.6 is 0 Å². The van der Waals surface area contributed by atoms with E-state index in [9.17, 15) is 0 Å². The Labute approximate surface area is 123 Å². The molecule has 0 nitrogen and oxygen atoms in total. The zero-order chi connectivity index (χ0) is 14.5. The van der Waals surface area contributed by atoms with Crippen molar-refractivity contribution in [2.75, 3.05) is 0 Å². The average Bonchev–Trinajstić information content (AvgIpc) is 2.31. The number of rotatable bonds is 13. The normalized spacial score (nSPS) is 14.8. The molecule has 0 heteroatoms. The highest BCUT2D eigenvalue weighted by Gasteiger charge is 2.10. The summed E-state index contributed by atoms with van der Waals surface area (Å²) in [4.78, 5) is 0. The van der Waals surface area contributed by atoms with Gasteiger partial charge in [-0.15, -0.1) is 0 Å². The van der Waals surface area contributed by atoms with Gasteiger partial charge in [-0.1, -0.05) is 92.4 Å². The van der Waals surface area contributed by atoms with Crippen molar-refractivity contribution < 1.29 is 0 Å². The molecule has 0 aliphatic carbocycles. The molecule has 0 spiro atoms. The fraction of sp³-hybridized carbons (Fsp3) is 1.00. The van der Waals surface area contributed by atoms with E-state index in [2.05, 4.69) is 34.6 Å². The van der Waals surface area contributed by atoms with E-state index in [-0.39, 0.29) is 0 Å². The van der Waals surface area contributed by atoms with Gasteiger partial charge in [-0.3, -0.25) is 0 Å². The lowest BCUT2D eigenvalue weighted by molar-refractivity contribution is 0.336. The highest BCUT2D eigenvalue weighted by molar-refractivity contribution is 4.62. The van der Waals surface area contributed by atoms with Crippen molar-refractivity contribution in [3.63, 3.8) is 0 Å². The van der Waals surface area contributed by atoms with Crippen molar-refractivity contribution in [3.05, 3.63) is 0 Å². The van der Waals surface area contributed by atoms with Crippen LogP contribution < -0.4 is 0 Å². The maximum Gasteiger partial charge on any atom is -0.0438 e. The summed E-state index contributed by atoms with van der Waals surface area (Å²) in [6.45, 7) is 11.9. The summed E-state index contributed by atoms with van der Waals surface area (Å²) in [6.07, 6.45) is 15.9. The Hall–Kier alpha value is 0. The molecule has 19 heavy (non-hydrogen) atoms. The van der Waals surface area contributed by atoms with E-state index in [1.807, 2.05) is 0 Å². The summed E-state index contributed by atoms with van der Waals surface area (Å²) in [6, 6.07) is 0. The van der Waals surface area contributed by atoms with Gasteiger partial charge >= 0.3 is 0 Å². The van der Waals surface area contributed by atoms with Gasteiger partial charge in [0, 0.05) is 0 Å². The molecular formula is C19H40. The van der Waals surface area contributed by atoms with Crippen LogP contribution in [0.4, 0.5) is 0 Å². The Morgan fingerprint density at radius 1 is 0.579 bits per heavy atom. The van der Waals surface area contributed by atoms with Crippen LogP contribution in [0.25, 0.3) is 0 Å². The first-order chi connectivity index (χ1) is 9.06. The minimum absolute atomic E-state index is 0.866. The summed E-state index contributed by atoms with van der Waals surface area (Å²) in [5, 5.41) is 0. The van der Waals surface area contributed by atoms with Crippen LogP contribution in [0.3, 0.4) is 0 Å². The average molecular weight is 269 g/mol. The predicted molar refractivity (Wildman–Crippen MR) is 89.6 cm³/mol. The van der Waals surface area contributed by atoms with Gasteiger partial charge < -0.3 is 0 Å². The van der Waals surface area contributed by atoms with Crippen LogP contribution in [0.5, 0.6) is 0 Å². The van der Waals surface area contributed by atoms with E-state index in [0.29, 0.717) is 0 Å². The SMILES string of the molecule is CCCCCCCCCCC(C)CC(C)CC(C)C. The van der Waals surface area contributed by atoms with Crippen LogP contribution in [0.15, 0.2) is 0 Å². The molecule has 0 aliphatic heterocycles. The molecule has 2 atom stereocenters. The van der Waals surface area contributed by atoms with E-state index in [0.717, 1.165) is 17.8 Å². The molecule has 0 radical (unpaired) electrons. The molecule has 0 saturated heterocycles. The molecule has 0 aliphatic rings. The molecule has 0 aromatic carbocycles. The lowest BCUT2D eigenvalue weighted by atomic mass is 9.88. The van der Waals surface area contributed by atoms with Gasteiger partial charge in [0.05, 0.1) is 0 Å². The van der Waals surface area contributed by atoms with Gasteiger partial charge in [0.1, 0.15) is 0 Å². The Bertz CT molecular complexity index is 171. The van der Waals surface area contributed by atoms with E-state index >= 15 is 0 Å². The van der Waals surface area contributed by atoms with Gasteiger partial charge in [0.25, 0.3) is 0 Å². The molecule has 0 bridgehead atoms. The molecule has 0 heterocycles. The minimum Gasteiger partial charge on any atom is -0.0654 e. The second kappa shape index (κ2) is 13.0. The Morgan fingerprint density at radius 2 is 1.11 bits per heavy atom. The lowest BCUT2D eigenvalue weighted by Crippen LogP contribution is -2.06. The summed E-state index contributed by atoms with van der Waals surface area (Å²) in [5.41, 5.74) is 0. The zero-order valence-corrected chi connectivity index (χ0v) is 14.5. The van der Waals surface area contributed by atoms with E-state index in [1.165, 1.54) is 70.6 Å². The molecule has 0 amide bonds. The monoisotopic (exact) mass is 268 g/mol. The minimum atomic E-state index is 0.866. The third-order valence-electron chi connectivity index (χ3n) is 4.23. The molecule has 0 fully saturated rings. The van der Waals surface area contributed by atoms with Gasteiger partial charge in [-0.05, 0) is 30.6 Å². The van der Waals surface area contributed by atoms with Crippen molar-refractivity contribution in [2.24, 2.45) is 17.8 Å². The number of unbranched alkanes of at least 4 members (excludes halogenated alkanes) is 7. The van der Waals surface area contributed by atoms with Crippen LogP contribution in [-0.2, 0) is 0 Å². The van der Waals surface area contributed by atoms with E-state index in [1.54, 1.807) is 0 Å². The first-order valence-corrected chi connectivity index (χ1v) is 9.06. The van der Waals surface area contributed by atoms with Crippen molar-refractivity contribution in [1.29, 1.82) is 0 Å². The van der Waals surface area contributed by atoms with Gasteiger partial charge in [-0.2, -0.15) is 0 Å². The molecule has 0 N–H and O–H groups in total. The Morgan fingerprint density at radius 3 is 1.63 bits per heavy atom. The van der Waals surface area contributed by atoms with E-state index < -0.39 is 0 Å². The van der Waals surface area contributed by atoms with Crippen LogP contribution in [0, 0.1) is 17.8 Å². The summed E-state index contributed by atoms with van der Waals surface area (Å²) in [5.74, 6) is 2.73. The second-order valence-corrected chi connectivity index (χ2v) is 7.34. The summed E-state index contributed by atoms with van der Waals surface area (Å²) < 4.78 is 0.